The number of carbonyl (C=O) groups is 1. The van der Waals surface area contributed by atoms with Crippen molar-refractivity contribution >= 4 is 15.9 Å². The Labute approximate surface area is 128 Å². The first-order chi connectivity index (χ1) is 10.4. The number of rotatable bonds is 6. The molecule has 9 heteroatoms. The molecule has 0 atom stereocenters. The molecule has 0 radical (unpaired) electrons. The lowest BCUT2D eigenvalue weighted by molar-refractivity contribution is 0.0954. The molecule has 0 fully saturated rings. The first-order valence-electron chi connectivity index (χ1n) is 6.61. The molecule has 0 spiro atoms. The van der Waals surface area contributed by atoms with E-state index < -0.39 is 10.0 Å². The zero-order valence-electron chi connectivity index (χ0n) is 12.3. The fraction of sp³-hybridized carbons (Fsp3) is 0.308. The molecule has 2 heterocycles. The van der Waals surface area contributed by atoms with Crippen LogP contribution in [0.3, 0.4) is 0 Å². The van der Waals surface area contributed by atoms with Crippen LogP contribution < -0.4 is 10.0 Å². The second-order valence-corrected chi connectivity index (χ2v) is 6.36. The van der Waals surface area contributed by atoms with E-state index in [1.54, 1.807) is 32.2 Å². The van der Waals surface area contributed by atoms with E-state index >= 15 is 0 Å². The average Bonchev–Trinajstić information content (AvgIpc) is 2.84. The summed E-state index contributed by atoms with van der Waals surface area (Å²) < 4.78 is 26.7. The molecule has 118 valence electrons. The lowest BCUT2D eigenvalue weighted by Gasteiger charge is -2.08. The summed E-state index contributed by atoms with van der Waals surface area (Å²) >= 11 is 0. The number of H-pyrrole nitrogens is 1. The van der Waals surface area contributed by atoms with Gasteiger partial charge in [-0.3, -0.25) is 14.9 Å². The first-order valence-corrected chi connectivity index (χ1v) is 8.09. The number of nitrogens with one attached hydrogen (secondary N) is 3. The Morgan fingerprint density at radius 2 is 2.09 bits per heavy atom. The van der Waals surface area contributed by atoms with E-state index in [0.717, 1.165) is 0 Å². The van der Waals surface area contributed by atoms with E-state index in [9.17, 15) is 13.2 Å². The maximum atomic E-state index is 12.2. The Kier molecular flexibility index (Phi) is 4.88. The maximum absolute atomic E-state index is 12.2. The fourth-order valence-corrected chi connectivity index (χ4v) is 3.37. The van der Waals surface area contributed by atoms with E-state index in [-0.39, 0.29) is 23.9 Å². The van der Waals surface area contributed by atoms with Crippen molar-refractivity contribution < 1.29 is 13.2 Å². The Morgan fingerprint density at radius 3 is 2.68 bits per heavy atom. The van der Waals surface area contributed by atoms with Crippen LogP contribution in [0.15, 0.2) is 29.4 Å². The lowest BCUT2D eigenvalue weighted by atomic mass is 10.3. The molecule has 0 saturated carbocycles. The van der Waals surface area contributed by atoms with Crippen molar-refractivity contribution in [1.82, 2.24) is 25.2 Å². The quantitative estimate of drug-likeness (QED) is 0.653. The average molecular weight is 323 g/mol. The van der Waals surface area contributed by atoms with Gasteiger partial charge in [-0.25, -0.2) is 13.1 Å². The Bertz CT molecular complexity index is 736. The lowest BCUT2D eigenvalue weighted by Crippen LogP contribution is -2.35. The molecule has 0 aromatic carbocycles. The van der Waals surface area contributed by atoms with Crippen molar-refractivity contribution in [3.05, 3.63) is 41.5 Å². The molecular formula is C13H17N5O3S. The summed E-state index contributed by atoms with van der Waals surface area (Å²) in [6, 6.07) is 3.28. The second-order valence-electron chi connectivity index (χ2n) is 4.66. The van der Waals surface area contributed by atoms with Crippen LogP contribution in [-0.4, -0.2) is 42.6 Å². The normalized spacial score (nSPS) is 11.4. The number of hydrogen-bond acceptors (Lipinski definition) is 5. The van der Waals surface area contributed by atoms with Gasteiger partial charge in [0.1, 0.15) is 4.90 Å². The van der Waals surface area contributed by atoms with Crippen LogP contribution in [0.4, 0.5) is 0 Å². The Morgan fingerprint density at radius 1 is 1.32 bits per heavy atom. The highest BCUT2D eigenvalue weighted by Gasteiger charge is 2.21. The Hall–Kier alpha value is -2.26. The molecule has 0 bridgehead atoms. The molecule has 0 unspecified atom stereocenters. The second kappa shape index (κ2) is 6.67. The van der Waals surface area contributed by atoms with Crippen LogP contribution in [0.5, 0.6) is 0 Å². The van der Waals surface area contributed by atoms with Crippen molar-refractivity contribution in [2.24, 2.45) is 0 Å². The van der Waals surface area contributed by atoms with Gasteiger partial charge in [-0.1, -0.05) is 0 Å². The third-order valence-corrected chi connectivity index (χ3v) is 4.68. The van der Waals surface area contributed by atoms with E-state index in [1.807, 2.05) is 0 Å². The summed E-state index contributed by atoms with van der Waals surface area (Å²) in [4.78, 5) is 15.8. The van der Waals surface area contributed by atoms with Crippen LogP contribution in [0, 0.1) is 13.8 Å². The highest BCUT2D eigenvalue weighted by Crippen LogP contribution is 2.15. The molecule has 1 amide bonds. The smallest absolute Gasteiger partial charge is 0.252 e. The number of nitrogens with zero attached hydrogens (tertiary/aromatic N) is 2. The number of amides is 1. The molecular weight excluding hydrogens is 306 g/mol. The number of aromatic amines is 1. The monoisotopic (exact) mass is 323 g/mol. The van der Waals surface area contributed by atoms with Gasteiger partial charge in [-0.2, -0.15) is 5.10 Å². The summed E-state index contributed by atoms with van der Waals surface area (Å²) in [5, 5.41) is 9.10. The van der Waals surface area contributed by atoms with Gasteiger partial charge in [0, 0.05) is 25.5 Å². The third kappa shape index (κ3) is 3.68. The molecule has 2 aromatic heterocycles. The van der Waals surface area contributed by atoms with Crippen molar-refractivity contribution in [2.45, 2.75) is 18.7 Å². The van der Waals surface area contributed by atoms with Gasteiger partial charge in [-0.15, -0.1) is 0 Å². The van der Waals surface area contributed by atoms with Gasteiger partial charge in [0.05, 0.1) is 17.0 Å². The van der Waals surface area contributed by atoms with Crippen LogP contribution in [0.2, 0.25) is 0 Å². The largest absolute Gasteiger partial charge is 0.351 e. The standard InChI is InChI=1S/C13H17N5O3S/c1-9-12(10(2)18-17-9)22(20,21)16-7-6-15-13(19)11-4-3-5-14-8-11/h3-5,8,16H,6-7H2,1-2H3,(H,15,19)(H,17,18). The van der Waals surface area contributed by atoms with Crippen molar-refractivity contribution in [3.8, 4) is 0 Å². The number of hydrogen-bond donors (Lipinski definition) is 3. The van der Waals surface area contributed by atoms with Crippen molar-refractivity contribution in [1.29, 1.82) is 0 Å². The summed E-state index contributed by atoms with van der Waals surface area (Å²) in [6.07, 6.45) is 3.01. The number of pyridine rings is 1. The number of aryl methyl sites for hydroxylation is 2. The topological polar surface area (TPSA) is 117 Å². The van der Waals surface area contributed by atoms with Gasteiger partial charge in [0.2, 0.25) is 10.0 Å². The van der Waals surface area contributed by atoms with E-state index in [1.165, 1.54) is 6.20 Å². The summed E-state index contributed by atoms with van der Waals surface area (Å²) in [7, 11) is -3.65. The van der Waals surface area contributed by atoms with Crippen molar-refractivity contribution in [3.63, 3.8) is 0 Å². The molecule has 0 aliphatic heterocycles. The van der Waals surface area contributed by atoms with Gasteiger partial charge in [-0.05, 0) is 26.0 Å². The van der Waals surface area contributed by atoms with Gasteiger partial charge in [0.15, 0.2) is 0 Å². The van der Waals surface area contributed by atoms with Crippen LogP contribution >= 0.6 is 0 Å². The van der Waals surface area contributed by atoms with Crippen molar-refractivity contribution in [2.75, 3.05) is 13.1 Å². The first kappa shape index (κ1) is 16.1. The zero-order valence-corrected chi connectivity index (χ0v) is 13.1. The molecule has 0 saturated heterocycles. The minimum atomic E-state index is -3.65. The van der Waals surface area contributed by atoms with Crippen LogP contribution in [0.25, 0.3) is 0 Å². The molecule has 8 nitrogen and oxygen atoms in total. The van der Waals surface area contributed by atoms with Gasteiger partial charge < -0.3 is 5.32 Å². The maximum Gasteiger partial charge on any atom is 0.252 e. The predicted octanol–water partition coefficient (Wildman–Crippen LogP) is 0.130. The number of aromatic nitrogens is 3. The third-order valence-electron chi connectivity index (χ3n) is 2.96. The van der Waals surface area contributed by atoms with E-state index in [4.69, 9.17) is 0 Å². The summed E-state index contributed by atoms with van der Waals surface area (Å²) in [6.45, 7) is 3.50. The molecule has 22 heavy (non-hydrogen) atoms. The summed E-state index contributed by atoms with van der Waals surface area (Å²) in [5.41, 5.74) is 1.31. The Balaban J connectivity index is 1.88. The highest BCUT2D eigenvalue weighted by molar-refractivity contribution is 7.89. The molecule has 3 N–H and O–H groups in total. The SMILES string of the molecule is Cc1n[nH]c(C)c1S(=O)(=O)NCCNC(=O)c1cccnc1. The molecule has 0 aliphatic carbocycles. The van der Waals surface area contributed by atoms with E-state index in [0.29, 0.717) is 17.0 Å². The van der Waals surface area contributed by atoms with Gasteiger partial charge in [0.25, 0.3) is 5.91 Å². The highest BCUT2D eigenvalue weighted by atomic mass is 32.2. The minimum absolute atomic E-state index is 0.0817. The predicted molar refractivity (Wildman–Crippen MR) is 79.8 cm³/mol. The number of sulfonamides is 1. The number of carbonyl (C=O) groups excluding carboxylic acids is 1. The van der Waals surface area contributed by atoms with Crippen LogP contribution in [0.1, 0.15) is 21.7 Å². The van der Waals surface area contributed by atoms with Crippen LogP contribution in [-0.2, 0) is 10.0 Å². The minimum Gasteiger partial charge on any atom is -0.351 e. The van der Waals surface area contributed by atoms with Gasteiger partial charge >= 0.3 is 0 Å². The summed E-state index contributed by atoms with van der Waals surface area (Å²) in [5.74, 6) is -0.303. The molecule has 2 rings (SSSR count). The molecule has 0 aliphatic rings. The fourth-order valence-electron chi connectivity index (χ4n) is 1.97. The van der Waals surface area contributed by atoms with E-state index in [2.05, 4.69) is 25.2 Å². The molecule has 2 aromatic rings. The zero-order chi connectivity index (χ0) is 16.2.